The standard InChI is InChI=1S/C9H20N2O2S2/c1-3-10-8-9(2)15(12,13)11-4-6-14-7-5-11/h9-10H,3-8H2,1-2H3. The quantitative estimate of drug-likeness (QED) is 0.768. The normalized spacial score (nSPS) is 21.5. The molecule has 0 amide bonds. The van der Waals surface area contributed by atoms with Gasteiger partial charge in [-0.3, -0.25) is 0 Å². The summed E-state index contributed by atoms with van der Waals surface area (Å²) in [6.07, 6.45) is 0. The Labute approximate surface area is 96.8 Å². The fraction of sp³-hybridized carbons (Fsp3) is 1.00. The molecule has 6 heteroatoms. The molecule has 4 nitrogen and oxygen atoms in total. The van der Waals surface area contributed by atoms with Crippen molar-refractivity contribution in [3.8, 4) is 0 Å². The first-order valence-corrected chi connectivity index (χ1v) is 8.02. The summed E-state index contributed by atoms with van der Waals surface area (Å²) >= 11 is 1.82. The second-order valence-electron chi connectivity index (χ2n) is 3.67. The monoisotopic (exact) mass is 252 g/mol. The van der Waals surface area contributed by atoms with E-state index >= 15 is 0 Å². The maximum atomic E-state index is 12.1. The summed E-state index contributed by atoms with van der Waals surface area (Å²) in [5.41, 5.74) is 0. The molecule has 0 saturated carbocycles. The second kappa shape index (κ2) is 6.08. The Morgan fingerprint density at radius 2 is 2.00 bits per heavy atom. The van der Waals surface area contributed by atoms with Crippen molar-refractivity contribution >= 4 is 21.8 Å². The van der Waals surface area contributed by atoms with Gasteiger partial charge in [0.25, 0.3) is 0 Å². The van der Waals surface area contributed by atoms with Crippen molar-refractivity contribution in [2.24, 2.45) is 0 Å². The number of sulfonamides is 1. The van der Waals surface area contributed by atoms with Crippen molar-refractivity contribution in [2.45, 2.75) is 19.1 Å². The van der Waals surface area contributed by atoms with Crippen molar-refractivity contribution in [1.29, 1.82) is 0 Å². The van der Waals surface area contributed by atoms with Crippen LogP contribution in [0.25, 0.3) is 0 Å². The predicted octanol–water partition coefficient (Wildman–Crippen LogP) is 0.363. The lowest BCUT2D eigenvalue weighted by atomic mass is 10.5. The molecule has 1 saturated heterocycles. The van der Waals surface area contributed by atoms with Crippen molar-refractivity contribution in [3.63, 3.8) is 0 Å². The molecular weight excluding hydrogens is 232 g/mol. The van der Waals surface area contributed by atoms with E-state index < -0.39 is 10.0 Å². The van der Waals surface area contributed by atoms with Crippen LogP contribution in [0.5, 0.6) is 0 Å². The number of nitrogens with one attached hydrogen (secondary N) is 1. The molecule has 1 N–H and O–H groups in total. The Morgan fingerprint density at radius 1 is 1.40 bits per heavy atom. The van der Waals surface area contributed by atoms with E-state index in [2.05, 4.69) is 5.32 Å². The van der Waals surface area contributed by atoms with Crippen LogP contribution >= 0.6 is 11.8 Å². The first-order chi connectivity index (χ1) is 7.09. The van der Waals surface area contributed by atoms with Crippen LogP contribution in [0.1, 0.15) is 13.8 Å². The van der Waals surface area contributed by atoms with Crippen LogP contribution in [-0.4, -0.2) is 55.7 Å². The Kier molecular flexibility index (Phi) is 5.38. The van der Waals surface area contributed by atoms with Crippen molar-refractivity contribution in [3.05, 3.63) is 0 Å². The first-order valence-electron chi connectivity index (χ1n) is 5.36. The van der Waals surface area contributed by atoms with Gasteiger partial charge in [-0.05, 0) is 13.5 Å². The van der Waals surface area contributed by atoms with E-state index in [0.29, 0.717) is 19.6 Å². The molecule has 0 radical (unpaired) electrons. The number of thioether (sulfide) groups is 1. The molecular formula is C9H20N2O2S2. The molecule has 15 heavy (non-hydrogen) atoms. The van der Waals surface area contributed by atoms with Crippen LogP contribution in [0.3, 0.4) is 0 Å². The molecule has 0 aliphatic carbocycles. The summed E-state index contributed by atoms with van der Waals surface area (Å²) < 4.78 is 25.8. The fourth-order valence-corrected chi connectivity index (χ4v) is 4.17. The highest BCUT2D eigenvalue weighted by molar-refractivity contribution is 7.99. The third kappa shape index (κ3) is 3.62. The topological polar surface area (TPSA) is 49.4 Å². The van der Waals surface area contributed by atoms with Crippen molar-refractivity contribution in [2.75, 3.05) is 37.7 Å². The van der Waals surface area contributed by atoms with Crippen LogP contribution in [0.4, 0.5) is 0 Å². The molecule has 0 aromatic rings. The lowest BCUT2D eigenvalue weighted by Gasteiger charge is -2.28. The summed E-state index contributed by atoms with van der Waals surface area (Å²) in [6, 6.07) is 0. The maximum Gasteiger partial charge on any atom is 0.218 e. The number of hydrogen-bond acceptors (Lipinski definition) is 4. The van der Waals surface area contributed by atoms with Gasteiger partial charge in [-0.15, -0.1) is 0 Å². The van der Waals surface area contributed by atoms with Gasteiger partial charge in [0.15, 0.2) is 0 Å². The van der Waals surface area contributed by atoms with Gasteiger partial charge in [0.2, 0.25) is 10.0 Å². The van der Waals surface area contributed by atoms with Gasteiger partial charge in [-0.25, -0.2) is 12.7 Å². The highest BCUT2D eigenvalue weighted by Crippen LogP contribution is 2.16. The summed E-state index contributed by atoms with van der Waals surface area (Å²) in [5, 5.41) is 2.76. The van der Waals surface area contributed by atoms with Crippen LogP contribution in [-0.2, 0) is 10.0 Å². The summed E-state index contributed by atoms with van der Waals surface area (Å²) in [6.45, 7) is 6.46. The summed E-state index contributed by atoms with van der Waals surface area (Å²) in [4.78, 5) is 0. The molecule has 1 atom stereocenters. The van der Waals surface area contributed by atoms with Gasteiger partial charge in [0, 0.05) is 31.1 Å². The maximum absolute atomic E-state index is 12.1. The predicted molar refractivity (Wildman–Crippen MR) is 65.8 cm³/mol. The van der Waals surface area contributed by atoms with E-state index in [0.717, 1.165) is 18.1 Å². The molecule has 1 rings (SSSR count). The third-order valence-corrected chi connectivity index (χ3v) is 5.73. The van der Waals surface area contributed by atoms with Crippen LogP contribution in [0.15, 0.2) is 0 Å². The highest BCUT2D eigenvalue weighted by atomic mass is 32.2. The fourth-order valence-electron chi connectivity index (χ4n) is 1.51. The smallest absolute Gasteiger partial charge is 0.218 e. The Bertz CT molecular complexity index is 274. The Balaban J connectivity index is 2.55. The van der Waals surface area contributed by atoms with Gasteiger partial charge in [-0.2, -0.15) is 11.8 Å². The molecule has 1 heterocycles. The molecule has 90 valence electrons. The molecule has 0 aromatic heterocycles. The van der Waals surface area contributed by atoms with Gasteiger partial charge < -0.3 is 5.32 Å². The molecule has 1 unspecified atom stereocenters. The van der Waals surface area contributed by atoms with Crippen LogP contribution in [0.2, 0.25) is 0 Å². The van der Waals surface area contributed by atoms with Gasteiger partial charge in [-0.1, -0.05) is 6.92 Å². The van der Waals surface area contributed by atoms with Crippen LogP contribution in [0, 0.1) is 0 Å². The SMILES string of the molecule is CCNCC(C)S(=O)(=O)N1CCSCC1. The molecule has 0 bridgehead atoms. The summed E-state index contributed by atoms with van der Waals surface area (Å²) in [5.74, 6) is 1.85. The second-order valence-corrected chi connectivity index (χ2v) is 7.25. The van der Waals surface area contributed by atoms with Gasteiger partial charge in [0.1, 0.15) is 0 Å². The molecule has 1 fully saturated rings. The molecule has 1 aliphatic heterocycles. The van der Waals surface area contributed by atoms with Crippen molar-refractivity contribution < 1.29 is 8.42 Å². The van der Waals surface area contributed by atoms with E-state index in [9.17, 15) is 8.42 Å². The van der Waals surface area contributed by atoms with E-state index in [1.807, 2.05) is 18.7 Å². The number of nitrogens with zero attached hydrogens (tertiary/aromatic N) is 1. The van der Waals surface area contributed by atoms with Crippen molar-refractivity contribution in [1.82, 2.24) is 9.62 Å². The van der Waals surface area contributed by atoms with E-state index in [4.69, 9.17) is 0 Å². The minimum atomic E-state index is -3.08. The Hall–Kier alpha value is 0.220. The molecule has 0 spiro atoms. The van der Waals surface area contributed by atoms with E-state index in [1.54, 1.807) is 11.2 Å². The average molecular weight is 252 g/mol. The minimum Gasteiger partial charge on any atom is -0.316 e. The average Bonchev–Trinajstić information content (AvgIpc) is 2.27. The van der Waals surface area contributed by atoms with E-state index in [-0.39, 0.29) is 5.25 Å². The molecule has 1 aliphatic rings. The third-order valence-electron chi connectivity index (χ3n) is 2.52. The zero-order chi connectivity index (χ0) is 11.3. The number of rotatable bonds is 5. The molecule has 0 aromatic carbocycles. The minimum absolute atomic E-state index is 0.319. The zero-order valence-corrected chi connectivity index (χ0v) is 11.0. The summed E-state index contributed by atoms with van der Waals surface area (Å²) in [7, 11) is -3.08. The van der Waals surface area contributed by atoms with E-state index in [1.165, 1.54) is 0 Å². The van der Waals surface area contributed by atoms with Gasteiger partial charge in [0.05, 0.1) is 5.25 Å². The number of hydrogen-bond donors (Lipinski definition) is 1. The lowest BCUT2D eigenvalue weighted by molar-refractivity contribution is 0.433. The Morgan fingerprint density at radius 3 is 2.53 bits per heavy atom. The largest absolute Gasteiger partial charge is 0.316 e. The van der Waals surface area contributed by atoms with Gasteiger partial charge >= 0.3 is 0 Å². The zero-order valence-electron chi connectivity index (χ0n) is 9.40. The lowest BCUT2D eigenvalue weighted by Crippen LogP contribution is -2.45. The first kappa shape index (κ1) is 13.3. The highest BCUT2D eigenvalue weighted by Gasteiger charge is 2.29. The van der Waals surface area contributed by atoms with Crippen LogP contribution < -0.4 is 5.32 Å².